The van der Waals surface area contributed by atoms with Gasteiger partial charge in [-0.25, -0.2) is 5.43 Å². The molecule has 3 aromatic rings. The van der Waals surface area contributed by atoms with E-state index in [-0.39, 0.29) is 0 Å². The molecular weight excluding hydrogens is 498 g/mol. The Kier molecular flexibility index (Phi) is 8.81. The van der Waals surface area contributed by atoms with Gasteiger partial charge in [0.15, 0.2) is 11.5 Å². The number of carbonyl (C=O) groups is 2. The first-order valence-corrected chi connectivity index (χ1v) is 11.5. The Hall–Kier alpha value is -3.65. The predicted molar refractivity (Wildman–Crippen MR) is 136 cm³/mol. The number of ether oxygens (including phenoxy) is 2. The first-order valence-electron chi connectivity index (χ1n) is 10.7. The van der Waals surface area contributed by atoms with Crippen LogP contribution in [0.1, 0.15) is 29.2 Å². The Labute approximate surface area is 207 Å². The summed E-state index contributed by atoms with van der Waals surface area (Å²) in [5.74, 6) is -0.571. The van der Waals surface area contributed by atoms with Crippen molar-refractivity contribution < 1.29 is 19.1 Å². The number of nitrogens with one attached hydrogen (secondary N) is 2. The summed E-state index contributed by atoms with van der Waals surface area (Å²) in [7, 11) is 0. The van der Waals surface area contributed by atoms with E-state index in [0.29, 0.717) is 40.4 Å². The van der Waals surface area contributed by atoms with Gasteiger partial charge in [-0.05, 0) is 83.2 Å². The number of nitrogens with zero attached hydrogens (tertiary/aromatic N) is 1. The predicted octanol–water partition coefficient (Wildman–Crippen LogP) is 5.13. The maximum atomic E-state index is 12.2. The SMILES string of the molecule is CCOc1cc(/C=N/NC(=O)C(=O)Nc2cc(C)cc(C)c2)cc(Br)c1OCc1ccccc1. The van der Waals surface area contributed by atoms with Crippen LogP contribution in [0.5, 0.6) is 11.5 Å². The van der Waals surface area contributed by atoms with Crippen LogP contribution in [0, 0.1) is 13.8 Å². The summed E-state index contributed by atoms with van der Waals surface area (Å²) in [4.78, 5) is 24.3. The second kappa shape index (κ2) is 12.0. The number of aryl methyl sites for hydroxylation is 2. The van der Waals surface area contributed by atoms with Gasteiger partial charge in [0.25, 0.3) is 0 Å². The quantitative estimate of drug-likeness (QED) is 0.243. The molecule has 3 rings (SSSR count). The number of amides is 2. The molecule has 0 bridgehead atoms. The Morgan fingerprint density at radius 3 is 2.35 bits per heavy atom. The van der Waals surface area contributed by atoms with Crippen molar-refractivity contribution in [3.63, 3.8) is 0 Å². The third-order valence-electron chi connectivity index (χ3n) is 4.62. The molecule has 0 aliphatic rings. The van der Waals surface area contributed by atoms with E-state index in [1.54, 1.807) is 24.3 Å². The van der Waals surface area contributed by atoms with E-state index in [0.717, 1.165) is 16.7 Å². The molecule has 0 radical (unpaired) electrons. The monoisotopic (exact) mass is 523 g/mol. The Morgan fingerprint density at radius 2 is 1.68 bits per heavy atom. The van der Waals surface area contributed by atoms with Crippen molar-refractivity contribution in [2.75, 3.05) is 11.9 Å². The van der Waals surface area contributed by atoms with Gasteiger partial charge in [-0.1, -0.05) is 36.4 Å². The number of carbonyl (C=O) groups excluding carboxylic acids is 2. The molecule has 0 unspecified atom stereocenters. The summed E-state index contributed by atoms with van der Waals surface area (Å²) in [5.41, 5.74) is 6.45. The van der Waals surface area contributed by atoms with E-state index in [1.807, 2.05) is 57.2 Å². The molecule has 3 aromatic carbocycles. The molecule has 0 spiro atoms. The van der Waals surface area contributed by atoms with Crippen molar-refractivity contribution in [3.05, 3.63) is 87.4 Å². The standard InChI is InChI=1S/C26H26BrN3O4/c1-4-33-23-14-20(13-22(27)24(23)34-16-19-8-6-5-7-9-19)15-28-30-26(32)25(31)29-21-11-17(2)10-18(3)12-21/h5-15H,4,16H2,1-3H3,(H,29,31)(H,30,32)/b28-15+. The van der Waals surface area contributed by atoms with Crippen molar-refractivity contribution in [1.29, 1.82) is 0 Å². The van der Waals surface area contributed by atoms with Gasteiger partial charge < -0.3 is 14.8 Å². The van der Waals surface area contributed by atoms with Gasteiger partial charge in [0, 0.05) is 5.69 Å². The van der Waals surface area contributed by atoms with E-state index in [2.05, 4.69) is 31.8 Å². The lowest BCUT2D eigenvalue weighted by molar-refractivity contribution is -0.136. The largest absolute Gasteiger partial charge is 0.490 e. The Bertz CT molecular complexity index is 1180. The van der Waals surface area contributed by atoms with Crippen LogP contribution in [-0.4, -0.2) is 24.6 Å². The first kappa shape index (κ1) is 25.0. The van der Waals surface area contributed by atoms with Gasteiger partial charge in [0.05, 0.1) is 17.3 Å². The number of hydrazone groups is 1. The van der Waals surface area contributed by atoms with Crippen molar-refractivity contribution in [2.45, 2.75) is 27.4 Å². The normalized spacial score (nSPS) is 10.7. The number of benzene rings is 3. The lowest BCUT2D eigenvalue weighted by Gasteiger charge is -2.14. The highest BCUT2D eigenvalue weighted by Crippen LogP contribution is 2.37. The molecule has 0 heterocycles. The number of hydrogen-bond acceptors (Lipinski definition) is 5. The minimum Gasteiger partial charge on any atom is -0.490 e. The highest BCUT2D eigenvalue weighted by molar-refractivity contribution is 9.10. The molecule has 34 heavy (non-hydrogen) atoms. The van der Waals surface area contributed by atoms with E-state index < -0.39 is 11.8 Å². The molecule has 0 aromatic heterocycles. The van der Waals surface area contributed by atoms with Gasteiger partial charge in [-0.15, -0.1) is 0 Å². The van der Waals surface area contributed by atoms with Crippen LogP contribution in [0.3, 0.4) is 0 Å². The van der Waals surface area contributed by atoms with Crippen LogP contribution in [0.25, 0.3) is 0 Å². The highest BCUT2D eigenvalue weighted by Gasteiger charge is 2.14. The van der Waals surface area contributed by atoms with Crippen LogP contribution in [-0.2, 0) is 16.2 Å². The number of rotatable bonds is 8. The summed E-state index contributed by atoms with van der Waals surface area (Å²) >= 11 is 3.52. The molecule has 0 atom stereocenters. The molecule has 2 N–H and O–H groups in total. The van der Waals surface area contributed by atoms with Crippen LogP contribution in [0.15, 0.2) is 70.2 Å². The zero-order valence-corrected chi connectivity index (χ0v) is 20.8. The molecule has 0 saturated carbocycles. The van der Waals surface area contributed by atoms with Crippen LogP contribution < -0.4 is 20.2 Å². The average molecular weight is 524 g/mol. The van der Waals surface area contributed by atoms with Gasteiger partial charge in [0.1, 0.15) is 6.61 Å². The lowest BCUT2D eigenvalue weighted by Crippen LogP contribution is -2.32. The van der Waals surface area contributed by atoms with Crippen molar-refractivity contribution >= 4 is 39.6 Å². The second-order valence-electron chi connectivity index (χ2n) is 7.57. The van der Waals surface area contributed by atoms with Crippen molar-refractivity contribution in [1.82, 2.24) is 5.43 Å². The van der Waals surface area contributed by atoms with Gasteiger partial charge in [-0.2, -0.15) is 5.10 Å². The number of hydrogen-bond donors (Lipinski definition) is 2. The van der Waals surface area contributed by atoms with E-state index in [1.165, 1.54) is 6.21 Å². The topological polar surface area (TPSA) is 89.0 Å². The molecule has 2 amide bonds. The molecule has 0 saturated heterocycles. The molecule has 0 aliphatic carbocycles. The Morgan fingerprint density at radius 1 is 0.971 bits per heavy atom. The summed E-state index contributed by atoms with van der Waals surface area (Å²) in [6.45, 7) is 6.55. The highest BCUT2D eigenvalue weighted by atomic mass is 79.9. The average Bonchev–Trinajstić information content (AvgIpc) is 2.78. The van der Waals surface area contributed by atoms with E-state index in [4.69, 9.17) is 9.47 Å². The number of anilines is 1. The summed E-state index contributed by atoms with van der Waals surface area (Å²) in [6, 6.07) is 18.9. The fourth-order valence-electron chi connectivity index (χ4n) is 3.25. The molecule has 0 aliphatic heterocycles. The minimum atomic E-state index is -0.873. The van der Waals surface area contributed by atoms with Gasteiger partial charge in [-0.3, -0.25) is 9.59 Å². The molecular formula is C26H26BrN3O4. The van der Waals surface area contributed by atoms with Crippen LogP contribution in [0.2, 0.25) is 0 Å². The van der Waals surface area contributed by atoms with Gasteiger partial charge in [0.2, 0.25) is 0 Å². The molecule has 0 fully saturated rings. The van der Waals surface area contributed by atoms with Crippen LogP contribution in [0.4, 0.5) is 5.69 Å². The maximum absolute atomic E-state index is 12.2. The fourth-order valence-corrected chi connectivity index (χ4v) is 3.82. The van der Waals surface area contributed by atoms with E-state index in [9.17, 15) is 9.59 Å². The molecule has 7 nitrogen and oxygen atoms in total. The zero-order valence-electron chi connectivity index (χ0n) is 19.2. The fraction of sp³-hybridized carbons (Fsp3) is 0.192. The second-order valence-corrected chi connectivity index (χ2v) is 8.42. The first-order chi connectivity index (χ1) is 16.4. The summed E-state index contributed by atoms with van der Waals surface area (Å²) in [6.07, 6.45) is 1.43. The summed E-state index contributed by atoms with van der Waals surface area (Å²) in [5, 5.41) is 6.48. The van der Waals surface area contributed by atoms with Crippen molar-refractivity contribution in [2.24, 2.45) is 5.10 Å². The third-order valence-corrected chi connectivity index (χ3v) is 5.21. The zero-order chi connectivity index (χ0) is 24.5. The Balaban J connectivity index is 1.65. The van der Waals surface area contributed by atoms with Gasteiger partial charge >= 0.3 is 11.8 Å². The number of halogens is 1. The minimum absolute atomic E-state index is 0.387. The lowest BCUT2D eigenvalue weighted by atomic mass is 10.1. The molecule has 8 heteroatoms. The van der Waals surface area contributed by atoms with Crippen molar-refractivity contribution in [3.8, 4) is 11.5 Å². The van der Waals surface area contributed by atoms with Crippen LogP contribution >= 0.6 is 15.9 Å². The third kappa shape index (κ3) is 7.18. The van der Waals surface area contributed by atoms with E-state index >= 15 is 0 Å². The maximum Gasteiger partial charge on any atom is 0.329 e. The molecule has 176 valence electrons. The smallest absolute Gasteiger partial charge is 0.329 e. The summed E-state index contributed by atoms with van der Waals surface area (Å²) < 4.78 is 12.4.